The highest BCUT2D eigenvalue weighted by Gasteiger charge is 2.07. The fraction of sp³-hybridized carbons (Fsp3) is 0.105. The molecule has 3 heteroatoms. The summed E-state index contributed by atoms with van der Waals surface area (Å²) in [6.45, 7) is 0. The smallest absolute Gasteiger partial charge is 0.337 e. The Bertz CT molecular complexity index is 837. The summed E-state index contributed by atoms with van der Waals surface area (Å²) in [4.78, 5) is 11.7. The molecule has 0 N–H and O–H groups in total. The Morgan fingerprint density at radius 2 is 1.59 bits per heavy atom. The molecule has 0 fully saturated rings. The Labute approximate surface area is 129 Å². The van der Waals surface area contributed by atoms with Crippen molar-refractivity contribution in [2.75, 3.05) is 14.2 Å². The van der Waals surface area contributed by atoms with Gasteiger partial charge in [-0.3, -0.25) is 0 Å². The molecular weight excluding hydrogens is 276 g/mol. The van der Waals surface area contributed by atoms with Crippen LogP contribution in [-0.2, 0) is 4.74 Å². The lowest BCUT2D eigenvalue weighted by atomic mass is 9.99. The normalized spacial score (nSPS) is 10.5. The van der Waals surface area contributed by atoms with Gasteiger partial charge in [0.25, 0.3) is 0 Å². The van der Waals surface area contributed by atoms with Crippen LogP contribution in [0.3, 0.4) is 0 Å². The van der Waals surface area contributed by atoms with Gasteiger partial charge in [0.2, 0.25) is 0 Å². The molecule has 22 heavy (non-hydrogen) atoms. The zero-order valence-electron chi connectivity index (χ0n) is 12.5. The first-order chi connectivity index (χ1) is 10.7. The first kappa shape index (κ1) is 14.1. The summed E-state index contributed by atoms with van der Waals surface area (Å²) in [6.07, 6.45) is 0. The third-order valence-corrected chi connectivity index (χ3v) is 3.66. The van der Waals surface area contributed by atoms with E-state index in [1.165, 1.54) is 7.11 Å². The zero-order chi connectivity index (χ0) is 15.5. The average Bonchev–Trinajstić information content (AvgIpc) is 2.60. The van der Waals surface area contributed by atoms with Gasteiger partial charge in [-0.15, -0.1) is 0 Å². The highest BCUT2D eigenvalue weighted by Crippen LogP contribution is 2.27. The molecule has 0 aliphatic rings. The first-order valence-corrected chi connectivity index (χ1v) is 6.98. The predicted molar refractivity (Wildman–Crippen MR) is 87.3 cm³/mol. The maximum absolute atomic E-state index is 11.7. The van der Waals surface area contributed by atoms with Crippen LogP contribution in [0.25, 0.3) is 21.9 Å². The molecule has 3 rings (SSSR count). The molecule has 0 spiro atoms. The minimum absolute atomic E-state index is 0.329. The molecule has 0 atom stereocenters. The zero-order valence-corrected chi connectivity index (χ0v) is 12.5. The van der Waals surface area contributed by atoms with Gasteiger partial charge in [0, 0.05) is 0 Å². The number of fused-ring (bicyclic) bond motifs is 1. The summed E-state index contributed by atoms with van der Waals surface area (Å²) in [5.41, 5.74) is 2.57. The molecule has 0 bridgehead atoms. The lowest BCUT2D eigenvalue weighted by molar-refractivity contribution is 0.0601. The monoisotopic (exact) mass is 292 g/mol. The van der Waals surface area contributed by atoms with E-state index in [9.17, 15) is 4.79 Å². The van der Waals surface area contributed by atoms with Crippen molar-refractivity contribution in [1.29, 1.82) is 0 Å². The second-order valence-corrected chi connectivity index (χ2v) is 5.00. The number of carbonyl (C=O) groups is 1. The van der Waals surface area contributed by atoms with Gasteiger partial charge in [0.1, 0.15) is 5.75 Å². The van der Waals surface area contributed by atoms with Gasteiger partial charge < -0.3 is 9.47 Å². The predicted octanol–water partition coefficient (Wildman–Crippen LogP) is 4.30. The third-order valence-electron chi connectivity index (χ3n) is 3.66. The Morgan fingerprint density at radius 1 is 0.818 bits per heavy atom. The molecule has 110 valence electrons. The van der Waals surface area contributed by atoms with Gasteiger partial charge in [-0.05, 0) is 52.2 Å². The van der Waals surface area contributed by atoms with Crippen LogP contribution in [0, 0.1) is 0 Å². The third kappa shape index (κ3) is 2.66. The van der Waals surface area contributed by atoms with Crippen molar-refractivity contribution in [1.82, 2.24) is 0 Å². The summed E-state index contributed by atoms with van der Waals surface area (Å²) in [6, 6.07) is 19.6. The van der Waals surface area contributed by atoms with Crippen LogP contribution in [0.1, 0.15) is 10.4 Å². The van der Waals surface area contributed by atoms with E-state index in [1.54, 1.807) is 13.2 Å². The topological polar surface area (TPSA) is 35.5 Å². The fourth-order valence-corrected chi connectivity index (χ4v) is 2.47. The van der Waals surface area contributed by atoms with E-state index >= 15 is 0 Å². The molecule has 0 unspecified atom stereocenters. The Morgan fingerprint density at radius 3 is 2.36 bits per heavy atom. The van der Waals surface area contributed by atoms with E-state index < -0.39 is 0 Å². The molecule has 3 aromatic rings. The Kier molecular flexibility index (Phi) is 3.79. The van der Waals surface area contributed by atoms with E-state index in [-0.39, 0.29) is 5.97 Å². The molecule has 0 aliphatic heterocycles. The summed E-state index contributed by atoms with van der Waals surface area (Å²) < 4.78 is 10.0. The van der Waals surface area contributed by atoms with E-state index in [0.29, 0.717) is 5.56 Å². The van der Waals surface area contributed by atoms with Gasteiger partial charge >= 0.3 is 5.97 Å². The van der Waals surface area contributed by atoms with Crippen molar-refractivity contribution in [3.63, 3.8) is 0 Å². The van der Waals surface area contributed by atoms with Crippen LogP contribution in [0.5, 0.6) is 5.75 Å². The molecule has 0 saturated heterocycles. The lowest BCUT2D eigenvalue weighted by Crippen LogP contribution is -2.00. The van der Waals surface area contributed by atoms with Gasteiger partial charge in [0.15, 0.2) is 0 Å². The summed E-state index contributed by atoms with van der Waals surface area (Å²) >= 11 is 0. The molecule has 0 aliphatic carbocycles. The average molecular weight is 292 g/mol. The van der Waals surface area contributed by atoms with Gasteiger partial charge in [-0.1, -0.05) is 30.3 Å². The maximum Gasteiger partial charge on any atom is 0.337 e. The molecule has 3 aromatic carbocycles. The van der Waals surface area contributed by atoms with E-state index in [2.05, 4.69) is 12.1 Å². The van der Waals surface area contributed by atoms with Gasteiger partial charge in [-0.25, -0.2) is 4.79 Å². The van der Waals surface area contributed by atoms with Crippen LogP contribution >= 0.6 is 0 Å². The summed E-state index contributed by atoms with van der Waals surface area (Å²) in [5, 5.41) is 2.24. The van der Waals surface area contributed by atoms with Crippen molar-refractivity contribution >= 4 is 16.7 Å². The van der Waals surface area contributed by atoms with Crippen LogP contribution in [0.2, 0.25) is 0 Å². The highest BCUT2D eigenvalue weighted by atomic mass is 16.5. The molecule has 0 aromatic heterocycles. The number of hydrogen-bond acceptors (Lipinski definition) is 3. The number of esters is 1. The molecular formula is C19H16O3. The summed E-state index contributed by atoms with van der Waals surface area (Å²) in [7, 11) is 3.04. The Hall–Kier alpha value is -2.81. The van der Waals surface area contributed by atoms with Crippen molar-refractivity contribution in [2.24, 2.45) is 0 Å². The Balaban J connectivity index is 2.07. The second-order valence-electron chi connectivity index (χ2n) is 5.00. The number of hydrogen-bond donors (Lipinski definition) is 0. The van der Waals surface area contributed by atoms with Crippen molar-refractivity contribution < 1.29 is 14.3 Å². The van der Waals surface area contributed by atoms with E-state index in [4.69, 9.17) is 9.47 Å². The number of carbonyl (C=O) groups excluding carboxylic acids is 1. The van der Waals surface area contributed by atoms with Crippen LogP contribution < -0.4 is 4.74 Å². The number of methoxy groups -OCH3 is 2. The standard InChI is InChI=1S/C19H16O3/c1-21-18-9-8-13-6-7-15(11-17(13)12-18)14-4-3-5-16(10-14)19(20)22-2/h3-12H,1-2H3. The second kappa shape index (κ2) is 5.90. The van der Waals surface area contributed by atoms with Crippen LogP contribution in [0.15, 0.2) is 60.7 Å². The molecule has 0 saturated carbocycles. The van der Waals surface area contributed by atoms with Crippen LogP contribution in [-0.4, -0.2) is 20.2 Å². The minimum Gasteiger partial charge on any atom is -0.497 e. The van der Waals surface area contributed by atoms with E-state index in [0.717, 1.165) is 27.6 Å². The van der Waals surface area contributed by atoms with Gasteiger partial charge in [0.05, 0.1) is 19.8 Å². The largest absolute Gasteiger partial charge is 0.497 e. The molecule has 0 heterocycles. The van der Waals surface area contributed by atoms with Gasteiger partial charge in [-0.2, -0.15) is 0 Å². The SMILES string of the molecule is COC(=O)c1cccc(-c2ccc3ccc(OC)cc3c2)c1. The number of rotatable bonds is 3. The quantitative estimate of drug-likeness (QED) is 0.675. The molecule has 0 amide bonds. The lowest BCUT2D eigenvalue weighted by Gasteiger charge is -2.07. The van der Waals surface area contributed by atoms with Crippen molar-refractivity contribution in [3.05, 3.63) is 66.2 Å². The first-order valence-electron chi connectivity index (χ1n) is 6.98. The summed E-state index contributed by atoms with van der Waals surface area (Å²) in [5.74, 6) is 0.497. The molecule has 0 radical (unpaired) electrons. The highest BCUT2D eigenvalue weighted by molar-refractivity contribution is 5.92. The minimum atomic E-state index is -0.329. The van der Waals surface area contributed by atoms with Crippen LogP contribution in [0.4, 0.5) is 0 Å². The van der Waals surface area contributed by atoms with E-state index in [1.807, 2.05) is 42.5 Å². The van der Waals surface area contributed by atoms with Crippen molar-refractivity contribution in [3.8, 4) is 16.9 Å². The maximum atomic E-state index is 11.7. The fourth-order valence-electron chi connectivity index (χ4n) is 2.47. The molecule has 3 nitrogen and oxygen atoms in total. The number of ether oxygens (including phenoxy) is 2. The number of benzene rings is 3. The van der Waals surface area contributed by atoms with Crippen molar-refractivity contribution in [2.45, 2.75) is 0 Å².